The smallest absolute Gasteiger partial charge is 0.204 e. The van der Waals surface area contributed by atoms with E-state index in [1.54, 1.807) is 23.5 Å². The molecule has 1 rings (SSSR count). The van der Waals surface area contributed by atoms with Crippen LogP contribution < -0.4 is 0 Å². The average Bonchev–Trinajstić information content (AvgIpc) is 2.30. The van der Waals surface area contributed by atoms with Crippen molar-refractivity contribution in [2.75, 3.05) is 12.5 Å². The van der Waals surface area contributed by atoms with Crippen LogP contribution in [-0.2, 0) is 0 Å². The minimum absolute atomic E-state index is 0.692. The molecule has 0 saturated heterocycles. The van der Waals surface area contributed by atoms with Gasteiger partial charge in [-0.3, -0.25) is 0 Å². The lowest BCUT2D eigenvalue weighted by Gasteiger charge is -1.88. The largest absolute Gasteiger partial charge is 0.373 e. The number of aromatic nitrogens is 1. The number of thioether (sulfide) groups is 2. The number of nitrogens with one attached hydrogen (secondary N) is 1. The van der Waals surface area contributed by atoms with Gasteiger partial charge in [0.1, 0.15) is 0 Å². The van der Waals surface area contributed by atoms with Crippen molar-refractivity contribution in [3.63, 3.8) is 0 Å². The number of hydrogen-bond donors (Lipinski definition) is 1. The molecule has 0 unspecified atom stereocenters. The SMILES string of the molecule is CSc1o[nH]c(=S)c1SC. The summed E-state index contributed by atoms with van der Waals surface area (Å²) in [6.07, 6.45) is 3.94. The fourth-order valence-corrected chi connectivity index (χ4v) is 2.39. The second-order valence-corrected chi connectivity index (χ2v) is 3.56. The number of aromatic amines is 1. The molecular weight excluding hydrogens is 186 g/mol. The van der Waals surface area contributed by atoms with Gasteiger partial charge in [0, 0.05) is 0 Å². The summed E-state index contributed by atoms with van der Waals surface area (Å²) in [6.45, 7) is 0. The molecule has 0 radical (unpaired) electrons. The van der Waals surface area contributed by atoms with E-state index in [1.165, 1.54) is 0 Å². The van der Waals surface area contributed by atoms with Crippen molar-refractivity contribution in [2.24, 2.45) is 0 Å². The number of H-pyrrole nitrogens is 1. The van der Waals surface area contributed by atoms with Crippen molar-refractivity contribution in [1.82, 2.24) is 5.16 Å². The third-order valence-electron chi connectivity index (χ3n) is 1.02. The summed E-state index contributed by atoms with van der Waals surface area (Å²) >= 11 is 8.11. The maximum Gasteiger partial charge on any atom is 0.204 e. The molecule has 0 spiro atoms. The molecular formula is C5H7NOS3. The lowest BCUT2D eigenvalue weighted by molar-refractivity contribution is 0.343. The fraction of sp³-hybridized carbons (Fsp3) is 0.400. The Labute approximate surface area is 72.7 Å². The second-order valence-electron chi connectivity index (χ2n) is 1.56. The summed E-state index contributed by atoms with van der Waals surface area (Å²) in [5.74, 6) is 0. The van der Waals surface area contributed by atoms with Crippen LogP contribution in [0.5, 0.6) is 0 Å². The molecule has 0 bridgehead atoms. The predicted octanol–water partition coefficient (Wildman–Crippen LogP) is 2.78. The van der Waals surface area contributed by atoms with E-state index in [-0.39, 0.29) is 0 Å². The van der Waals surface area contributed by atoms with E-state index >= 15 is 0 Å². The van der Waals surface area contributed by atoms with Gasteiger partial charge in [-0.2, -0.15) is 0 Å². The molecule has 0 aliphatic heterocycles. The molecule has 0 aliphatic rings. The Morgan fingerprint density at radius 2 is 2.10 bits per heavy atom. The van der Waals surface area contributed by atoms with Crippen molar-refractivity contribution >= 4 is 35.7 Å². The molecule has 5 heteroatoms. The van der Waals surface area contributed by atoms with Gasteiger partial charge in [-0.15, -0.1) is 11.8 Å². The van der Waals surface area contributed by atoms with Gasteiger partial charge in [0.15, 0.2) is 4.64 Å². The first-order chi connectivity index (χ1) is 4.79. The first-order valence-corrected chi connectivity index (χ1v) is 5.44. The molecule has 0 aliphatic carbocycles. The Balaban J connectivity index is 3.13. The van der Waals surface area contributed by atoms with Crippen LogP contribution in [0.4, 0.5) is 0 Å². The zero-order chi connectivity index (χ0) is 7.56. The van der Waals surface area contributed by atoms with Crippen LogP contribution in [0.2, 0.25) is 0 Å². The number of rotatable bonds is 2. The molecule has 1 N–H and O–H groups in total. The zero-order valence-electron chi connectivity index (χ0n) is 5.63. The number of hydrogen-bond acceptors (Lipinski definition) is 4. The average molecular weight is 193 g/mol. The Hall–Kier alpha value is 0.130. The summed E-state index contributed by atoms with van der Waals surface area (Å²) in [5.41, 5.74) is 0. The fourth-order valence-electron chi connectivity index (χ4n) is 0.588. The van der Waals surface area contributed by atoms with Gasteiger partial charge in [-0.1, -0.05) is 24.0 Å². The van der Waals surface area contributed by atoms with Crippen LogP contribution in [0.25, 0.3) is 0 Å². The van der Waals surface area contributed by atoms with Crippen LogP contribution in [0, 0.1) is 4.64 Å². The lowest BCUT2D eigenvalue weighted by atomic mass is 10.7. The van der Waals surface area contributed by atoms with Gasteiger partial charge in [0.05, 0.1) is 4.90 Å². The molecule has 0 atom stereocenters. The minimum Gasteiger partial charge on any atom is -0.373 e. The summed E-state index contributed by atoms with van der Waals surface area (Å²) in [6, 6.07) is 0. The molecule has 0 fully saturated rings. The second kappa shape index (κ2) is 3.50. The molecule has 1 aromatic rings. The Morgan fingerprint density at radius 3 is 2.50 bits per heavy atom. The topological polar surface area (TPSA) is 28.9 Å². The normalized spacial score (nSPS) is 10.2. The highest BCUT2D eigenvalue weighted by Gasteiger charge is 2.05. The third-order valence-corrected chi connectivity index (χ3v) is 3.02. The van der Waals surface area contributed by atoms with Crippen molar-refractivity contribution < 1.29 is 4.52 Å². The highest BCUT2D eigenvalue weighted by molar-refractivity contribution is 8.01. The maximum atomic E-state index is 5.05. The molecule has 2 nitrogen and oxygen atoms in total. The Morgan fingerprint density at radius 1 is 1.40 bits per heavy atom. The Bertz CT molecular complexity index is 264. The van der Waals surface area contributed by atoms with Gasteiger partial charge < -0.3 is 4.52 Å². The van der Waals surface area contributed by atoms with Crippen molar-refractivity contribution in [3.8, 4) is 0 Å². The Kier molecular flexibility index (Phi) is 2.88. The van der Waals surface area contributed by atoms with Crippen molar-refractivity contribution in [3.05, 3.63) is 4.64 Å². The molecule has 56 valence electrons. The van der Waals surface area contributed by atoms with E-state index < -0.39 is 0 Å². The molecule has 0 aromatic carbocycles. The monoisotopic (exact) mass is 193 g/mol. The third kappa shape index (κ3) is 1.41. The molecule has 0 saturated carbocycles. The van der Waals surface area contributed by atoms with Gasteiger partial charge in [-0.05, 0) is 12.5 Å². The summed E-state index contributed by atoms with van der Waals surface area (Å²) in [5, 5.41) is 3.51. The first-order valence-electron chi connectivity index (χ1n) is 2.59. The van der Waals surface area contributed by atoms with Crippen molar-refractivity contribution in [2.45, 2.75) is 9.99 Å². The van der Waals surface area contributed by atoms with Gasteiger partial charge in [0.25, 0.3) is 0 Å². The zero-order valence-corrected chi connectivity index (χ0v) is 8.08. The van der Waals surface area contributed by atoms with Gasteiger partial charge in [0.2, 0.25) is 5.09 Å². The van der Waals surface area contributed by atoms with E-state index in [2.05, 4.69) is 5.16 Å². The molecule has 1 heterocycles. The highest BCUT2D eigenvalue weighted by atomic mass is 32.2. The maximum absolute atomic E-state index is 5.05. The van der Waals surface area contributed by atoms with E-state index in [0.717, 1.165) is 9.99 Å². The predicted molar refractivity (Wildman–Crippen MR) is 47.5 cm³/mol. The van der Waals surface area contributed by atoms with Crippen LogP contribution in [-0.4, -0.2) is 17.7 Å². The lowest BCUT2D eigenvalue weighted by Crippen LogP contribution is -1.66. The van der Waals surface area contributed by atoms with Crippen LogP contribution >= 0.6 is 35.7 Å². The molecule has 0 amide bonds. The van der Waals surface area contributed by atoms with Crippen molar-refractivity contribution in [1.29, 1.82) is 0 Å². The molecule has 1 aromatic heterocycles. The van der Waals surface area contributed by atoms with E-state index in [0.29, 0.717) is 4.64 Å². The van der Waals surface area contributed by atoms with Gasteiger partial charge in [-0.25, -0.2) is 5.16 Å². The first kappa shape index (κ1) is 8.23. The van der Waals surface area contributed by atoms with Crippen LogP contribution in [0.1, 0.15) is 0 Å². The van der Waals surface area contributed by atoms with E-state index in [1.807, 2.05) is 12.5 Å². The van der Waals surface area contributed by atoms with Crippen LogP contribution in [0.3, 0.4) is 0 Å². The minimum atomic E-state index is 0.692. The summed E-state index contributed by atoms with van der Waals surface area (Å²) < 4.78 is 5.74. The standard InChI is InChI=1S/C5H7NOS3/c1-9-3-4(8)6-7-5(3)10-2/h1-2H3,(H,6,8). The summed E-state index contributed by atoms with van der Waals surface area (Å²) in [7, 11) is 0. The van der Waals surface area contributed by atoms with Gasteiger partial charge >= 0.3 is 0 Å². The van der Waals surface area contributed by atoms with E-state index in [4.69, 9.17) is 16.7 Å². The quantitative estimate of drug-likeness (QED) is 0.577. The highest BCUT2D eigenvalue weighted by Crippen LogP contribution is 2.28. The summed E-state index contributed by atoms with van der Waals surface area (Å²) in [4.78, 5) is 1.03. The van der Waals surface area contributed by atoms with Crippen LogP contribution in [0.15, 0.2) is 14.5 Å². The molecule has 10 heavy (non-hydrogen) atoms. The van der Waals surface area contributed by atoms with E-state index in [9.17, 15) is 0 Å².